The minimum atomic E-state index is -1.15. The van der Waals surface area contributed by atoms with Gasteiger partial charge in [-0.25, -0.2) is 4.79 Å². The minimum absolute atomic E-state index is 0.0735. The molecule has 0 amide bonds. The highest BCUT2D eigenvalue weighted by Crippen LogP contribution is 2.55. The first-order valence-corrected chi connectivity index (χ1v) is 11.9. The number of carboxylic acid groups (broad SMARTS) is 1. The van der Waals surface area contributed by atoms with Crippen LogP contribution in [0.25, 0.3) is 0 Å². The van der Waals surface area contributed by atoms with Gasteiger partial charge in [0, 0.05) is 14.4 Å². The van der Waals surface area contributed by atoms with E-state index in [2.05, 4.69) is 62.9 Å². The zero-order chi connectivity index (χ0) is 21.9. The molecule has 4 atom stereocenters. The van der Waals surface area contributed by atoms with Crippen LogP contribution in [0.5, 0.6) is 0 Å². The van der Waals surface area contributed by atoms with Crippen molar-refractivity contribution in [3.63, 3.8) is 0 Å². The number of alkyl halides is 1. The molecule has 0 bridgehead atoms. The predicted octanol–water partition coefficient (Wildman–Crippen LogP) is 6.48. The van der Waals surface area contributed by atoms with E-state index in [1.165, 1.54) is 25.7 Å². The summed E-state index contributed by atoms with van der Waals surface area (Å²) in [7, 11) is 0. The van der Waals surface area contributed by atoms with Crippen molar-refractivity contribution in [2.75, 3.05) is 6.61 Å². The van der Waals surface area contributed by atoms with Gasteiger partial charge in [-0.3, -0.25) is 4.79 Å². The molecule has 0 aromatic rings. The lowest BCUT2D eigenvalue weighted by molar-refractivity contribution is -0.149. The molecule has 5 heteroatoms. The highest BCUT2D eigenvalue weighted by molar-refractivity contribution is 14.1. The SMILES string of the molecule is C=C(CC(=O)OC[C@]1(C)CCC[C@@](C)(C2=CC[C@](C)(I)CC2CCC)C1)C(=O)O. The topological polar surface area (TPSA) is 63.6 Å². The van der Waals surface area contributed by atoms with E-state index in [9.17, 15) is 9.59 Å². The van der Waals surface area contributed by atoms with Gasteiger partial charge in [0.2, 0.25) is 0 Å². The van der Waals surface area contributed by atoms with Gasteiger partial charge in [-0.15, -0.1) is 0 Å². The molecule has 1 unspecified atom stereocenters. The van der Waals surface area contributed by atoms with Crippen LogP contribution in [0.1, 0.15) is 85.5 Å². The van der Waals surface area contributed by atoms with E-state index in [-0.39, 0.29) is 22.8 Å². The van der Waals surface area contributed by atoms with Crippen molar-refractivity contribution in [3.8, 4) is 0 Å². The molecule has 4 nitrogen and oxygen atoms in total. The Morgan fingerprint density at radius 3 is 2.62 bits per heavy atom. The fourth-order valence-corrected chi connectivity index (χ4v) is 6.24. The van der Waals surface area contributed by atoms with Crippen molar-refractivity contribution in [3.05, 3.63) is 23.8 Å². The highest BCUT2D eigenvalue weighted by atomic mass is 127. The van der Waals surface area contributed by atoms with E-state index in [0.717, 1.165) is 25.7 Å². The second-order valence-electron chi connectivity index (χ2n) is 10.1. The summed E-state index contributed by atoms with van der Waals surface area (Å²) in [5.41, 5.74) is 1.59. The number of hydrogen-bond acceptors (Lipinski definition) is 3. The number of carbonyl (C=O) groups excluding carboxylic acids is 1. The van der Waals surface area contributed by atoms with Gasteiger partial charge in [-0.1, -0.05) is 81.4 Å². The highest BCUT2D eigenvalue weighted by Gasteiger charge is 2.45. The molecule has 0 aromatic carbocycles. The molecular formula is C24H37IO4. The maximum absolute atomic E-state index is 12.1. The largest absolute Gasteiger partial charge is 0.478 e. The summed E-state index contributed by atoms with van der Waals surface area (Å²) in [4.78, 5) is 22.9. The van der Waals surface area contributed by atoms with E-state index < -0.39 is 11.9 Å². The first-order valence-electron chi connectivity index (χ1n) is 10.9. The average molecular weight is 516 g/mol. The van der Waals surface area contributed by atoms with Crippen LogP contribution in [0.15, 0.2) is 23.8 Å². The van der Waals surface area contributed by atoms with Gasteiger partial charge < -0.3 is 9.84 Å². The molecule has 2 aliphatic rings. The first-order chi connectivity index (χ1) is 13.4. The zero-order valence-electron chi connectivity index (χ0n) is 18.5. The number of hydrogen-bond donors (Lipinski definition) is 1. The van der Waals surface area contributed by atoms with E-state index in [1.54, 1.807) is 5.57 Å². The molecule has 0 aliphatic heterocycles. The molecule has 0 radical (unpaired) electrons. The van der Waals surface area contributed by atoms with Gasteiger partial charge in [-0.05, 0) is 49.9 Å². The lowest BCUT2D eigenvalue weighted by Gasteiger charge is -2.49. The van der Waals surface area contributed by atoms with Gasteiger partial charge >= 0.3 is 11.9 Å². The smallest absolute Gasteiger partial charge is 0.331 e. The van der Waals surface area contributed by atoms with Gasteiger partial charge in [0.25, 0.3) is 0 Å². The Kier molecular flexibility index (Phi) is 8.02. The Morgan fingerprint density at radius 2 is 2.00 bits per heavy atom. The van der Waals surface area contributed by atoms with Crippen LogP contribution in [0.2, 0.25) is 0 Å². The Morgan fingerprint density at radius 1 is 1.31 bits per heavy atom. The fourth-order valence-electron chi connectivity index (χ4n) is 5.49. The summed E-state index contributed by atoms with van der Waals surface area (Å²) >= 11 is 2.62. The molecule has 2 aliphatic carbocycles. The number of ether oxygens (including phenoxy) is 1. The third-order valence-electron chi connectivity index (χ3n) is 6.76. The van der Waals surface area contributed by atoms with Crippen molar-refractivity contribution < 1.29 is 19.4 Å². The van der Waals surface area contributed by atoms with Crippen molar-refractivity contribution in [2.24, 2.45) is 16.7 Å². The molecule has 1 saturated carbocycles. The van der Waals surface area contributed by atoms with E-state index in [4.69, 9.17) is 9.84 Å². The van der Waals surface area contributed by atoms with E-state index >= 15 is 0 Å². The second-order valence-corrected chi connectivity index (χ2v) is 12.7. The Bertz CT molecular complexity index is 680. The van der Waals surface area contributed by atoms with Gasteiger partial charge in [-0.2, -0.15) is 0 Å². The molecule has 1 N–H and O–H groups in total. The summed E-state index contributed by atoms with van der Waals surface area (Å²) in [5, 5.41) is 8.90. The number of carboxylic acids is 1. The molecular weight excluding hydrogens is 479 g/mol. The zero-order valence-corrected chi connectivity index (χ0v) is 20.6. The first kappa shape index (κ1) is 24.4. The number of carbonyl (C=O) groups is 2. The number of esters is 1. The molecule has 164 valence electrons. The van der Waals surface area contributed by atoms with Crippen molar-refractivity contribution >= 4 is 34.5 Å². The summed E-state index contributed by atoms with van der Waals surface area (Å²) in [6, 6.07) is 0. The van der Waals surface area contributed by atoms with E-state index in [0.29, 0.717) is 15.9 Å². The van der Waals surface area contributed by atoms with Gasteiger partial charge in [0.1, 0.15) is 0 Å². The van der Waals surface area contributed by atoms with Gasteiger partial charge in [0.05, 0.1) is 13.0 Å². The maximum Gasteiger partial charge on any atom is 0.331 e. The van der Waals surface area contributed by atoms with Crippen LogP contribution in [0, 0.1) is 16.7 Å². The average Bonchev–Trinajstić information content (AvgIpc) is 2.59. The lowest BCUT2D eigenvalue weighted by Crippen LogP contribution is -2.41. The Balaban J connectivity index is 2.09. The number of aliphatic carboxylic acids is 1. The van der Waals surface area contributed by atoms with Crippen LogP contribution in [0.3, 0.4) is 0 Å². The number of rotatable bonds is 8. The van der Waals surface area contributed by atoms with Crippen LogP contribution in [-0.2, 0) is 14.3 Å². The Hall–Kier alpha value is -0.850. The van der Waals surface area contributed by atoms with Crippen LogP contribution < -0.4 is 0 Å². The lowest BCUT2D eigenvalue weighted by atomic mass is 9.57. The third kappa shape index (κ3) is 6.56. The predicted molar refractivity (Wildman–Crippen MR) is 125 cm³/mol. The standard InChI is InChI=1S/C24H37IO4/c1-6-8-18-14-24(5,25)12-9-19(18)23(4)11-7-10-22(3,15-23)16-29-20(26)13-17(2)21(27)28/h9,18H,2,6-8,10-16H2,1,3-5H3,(H,27,28)/t18?,22-,23-,24+/m1/s1. The molecule has 0 aromatic heterocycles. The summed E-state index contributed by atoms with van der Waals surface area (Å²) in [5.74, 6) is -0.997. The molecule has 1 fully saturated rings. The summed E-state index contributed by atoms with van der Waals surface area (Å²) in [6.07, 6.45) is 11.4. The third-order valence-corrected chi connectivity index (χ3v) is 7.64. The van der Waals surface area contributed by atoms with Crippen LogP contribution >= 0.6 is 22.6 Å². The van der Waals surface area contributed by atoms with E-state index in [1.807, 2.05) is 0 Å². The van der Waals surface area contributed by atoms with Gasteiger partial charge in [0.15, 0.2) is 0 Å². The number of halogens is 1. The molecule has 2 rings (SSSR count). The van der Waals surface area contributed by atoms with Crippen molar-refractivity contribution in [1.82, 2.24) is 0 Å². The number of allylic oxidation sites excluding steroid dienone is 2. The minimum Gasteiger partial charge on any atom is -0.478 e. The molecule has 0 spiro atoms. The van der Waals surface area contributed by atoms with Crippen LogP contribution in [0.4, 0.5) is 0 Å². The normalized spacial score (nSPS) is 34.9. The second kappa shape index (κ2) is 9.52. The quantitative estimate of drug-likeness (QED) is 0.132. The Labute approximate surface area is 189 Å². The van der Waals surface area contributed by atoms with Crippen molar-refractivity contribution in [2.45, 2.75) is 88.9 Å². The van der Waals surface area contributed by atoms with Crippen molar-refractivity contribution in [1.29, 1.82) is 0 Å². The molecule has 0 saturated heterocycles. The fraction of sp³-hybridized carbons (Fsp3) is 0.750. The summed E-state index contributed by atoms with van der Waals surface area (Å²) in [6.45, 7) is 13.0. The summed E-state index contributed by atoms with van der Waals surface area (Å²) < 4.78 is 5.85. The van der Waals surface area contributed by atoms with Crippen LogP contribution in [-0.4, -0.2) is 27.1 Å². The monoisotopic (exact) mass is 516 g/mol. The molecule has 0 heterocycles. The maximum atomic E-state index is 12.1. The molecule has 29 heavy (non-hydrogen) atoms.